The molecule has 10 heteroatoms. The summed E-state index contributed by atoms with van der Waals surface area (Å²) in [5, 5.41) is 15.2. The van der Waals surface area contributed by atoms with Crippen molar-refractivity contribution < 1.29 is 13.9 Å². The van der Waals surface area contributed by atoms with Crippen LogP contribution in [-0.4, -0.2) is 23.0 Å². The highest BCUT2D eigenvalue weighted by Crippen LogP contribution is 2.37. The van der Waals surface area contributed by atoms with Gasteiger partial charge in [-0.15, -0.1) is 0 Å². The number of ether oxygens (including phenoxy) is 2. The zero-order valence-electron chi connectivity index (χ0n) is 22.0. The van der Waals surface area contributed by atoms with Crippen LogP contribution in [0.1, 0.15) is 16.7 Å². The lowest BCUT2D eigenvalue weighted by Crippen LogP contribution is -2.20. The minimum absolute atomic E-state index is 0.182. The number of halogens is 2. The lowest BCUT2D eigenvalue weighted by Gasteiger charge is -2.14. The van der Waals surface area contributed by atoms with E-state index in [0.29, 0.717) is 49.3 Å². The van der Waals surface area contributed by atoms with Crippen LogP contribution in [0.4, 0.5) is 0 Å². The third-order valence-electron chi connectivity index (χ3n) is 6.54. The first-order chi connectivity index (χ1) is 20.4. The van der Waals surface area contributed by atoms with Gasteiger partial charge in [0.15, 0.2) is 17.3 Å². The highest BCUT2D eigenvalue weighted by atomic mass is 79.9. The Morgan fingerprint density at radius 2 is 1.86 bits per heavy atom. The summed E-state index contributed by atoms with van der Waals surface area (Å²) in [7, 11) is 1.54. The molecule has 0 saturated carbocycles. The van der Waals surface area contributed by atoms with Crippen LogP contribution >= 0.6 is 31.9 Å². The molecule has 8 nitrogen and oxygen atoms in total. The largest absolute Gasteiger partial charge is 0.493 e. The van der Waals surface area contributed by atoms with E-state index in [2.05, 4.69) is 43.0 Å². The molecule has 2 heterocycles. The standard InChI is InChI=1S/C32H20Br2N4O4/c1-40-28-13-19(12-25(34)30(28)41-18-21-7-3-2-6-20(21)16-35)17-36-38-31(37-26-9-5-4-8-24(26)32(38)39)29-15-22-14-23(33)10-11-27(22)42-29/h2-15,17H,18H2,1H3. The molecule has 0 atom stereocenters. The number of benzene rings is 4. The summed E-state index contributed by atoms with van der Waals surface area (Å²) in [6.07, 6.45) is 1.54. The van der Waals surface area contributed by atoms with Gasteiger partial charge in [-0.05, 0) is 76.1 Å². The number of hydrogen-bond donors (Lipinski definition) is 0. The van der Waals surface area contributed by atoms with Crippen molar-refractivity contribution in [1.82, 2.24) is 9.66 Å². The number of fused-ring (bicyclic) bond motifs is 2. The van der Waals surface area contributed by atoms with Crippen molar-refractivity contribution in [2.75, 3.05) is 7.11 Å². The van der Waals surface area contributed by atoms with Crippen molar-refractivity contribution >= 4 is 59.9 Å². The molecule has 6 aromatic rings. The average molecular weight is 684 g/mol. The van der Waals surface area contributed by atoms with Crippen LogP contribution in [0.2, 0.25) is 0 Å². The van der Waals surface area contributed by atoms with Crippen LogP contribution in [0, 0.1) is 11.3 Å². The van der Waals surface area contributed by atoms with Crippen molar-refractivity contribution in [3.05, 3.63) is 121 Å². The van der Waals surface area contributed by atoms with Crippen molar-refractivity contribution in [3.8, 4) is 29.2 Å². The van der Waals surface area contributed by atoms with Gasteiger partial charge in [-0.3, -0.25) is 4.79 Å². The summed E-state index contributed by atoms with van der Waals surface area (Å²) in [5.41, 5.74) is 2.80. The number of rotatable bonds is 7. The van der Waals surface area contributed by atoms with E-state index < -0.39 is 0 Å². The van der Waals surface area contributed by atoms with Gasteiger partial charge in [0.2, 0.25) is 5.82 Å². The molecule has 206 valence electrons. The Hall–Kier alpha value is -4.72. The maximum absolute atomic E-state index is 13.6. The normalized spacial score (nSPS) is 11.3. The second kappa shape index (κ2) is 11.6. The predicted molar refractivity (Wildman–Crippen MR) is 168 cm³/mol. The molecule has 6 rings (SSSR count). The first kappa shape index (κ1) is 27.4. The Bertz CT molecular complexity index is 2110. The summed E-state index contributed by atoms with van der Waals surface area (Å²) < 4.78 is 20.5. The summed E-state index contributed by atoms with van der Waals surface area (Å²) in [6, 6.07) is 27.6. The molecule has 0 amide bonds. The second-order valence-corrected chi connectivity index (χ2v) is 11.0. The fourth-order valence-electron chi connectivity index (χ4n) is 4.50. The molecule has 0 bridgehead atoms. The molecule has 0 aliphatic rings. The Kier molecular flexibility index (Phi) is 7.61. The number of methoxy groups -OCH3 is 1. The third kappa shape index (κ3) is 5.32. The highest BCUT2D eigenvalue weighted by molar-refractivity contribution is 9.10. The van der Waals surface area contributed by atoms with Gasteiger partial charge in [0.1, 0.15) is 12.2 Å². The van der Waals surface area contributed by atoms with E-state index in [1.54, 1.807) is 42.6 Å². The van der Waals surface area contributed by atoms with Crippen LogP contribution in [0.15, 0.2) is 108 Å². The van der Waals surface area contributed by atoms with E-state index in [-0.39, 0.29) is 18.0 Å². The number of aromatic nitrogens is 2. The topological polar surface area (TPSA) is 103 Å². The number of hydrogen-bond acceptors (Lipinski definition) is 7. The van der Waals surface area contributed by atoms with Crippen LogP contribution in [0.3, 0.4) is 0 Å². The maximum Gasteiger partial charge on any atom is 0.282 e. The molecule has 0 radical (unpaired) electrons. The number of furan rings is 1. The maximum atomic E-state index is 13.6. The number of nitriles is 1. The monoisotopic (exact) mass is 682 g/mol. The van der Waals surface area contributed by atoms with Crippen LogP contribution < -0.4 is 15.0 Å². The molecular weight excluding hydrogens is 664 g/mol. The zero-order chi connectivity index (χ0) is 29.2. The van der Waals surface area contributed by atoms with Crippen molar-refractivity contribution in [3.63, 3.8) is 0 Å². The van der Waals surface area contributed by atoms with Gasteiger partial charge in [-0.2, -0.15) is 15.0 Å². The molecular formula is C32H20Br2N4O4. The molecule has 0 fully saturated rings. The second-order valence-electron chi connectivity index (χ2n) is 9.20. The Morgan fingerprint density at radius 1 is 1.05 bits per heavy atom. The van der Waals surface area contributed by atoms with E-state index in [9.17, 15) is 10.1 Å². The van der Waals surface area contributed by atoms with Crippen LogP contribution in [0.5, 0.6) is 11.5 Å². The van der Waals surface area contributed by atoms with Gasteiger partial charge < -0.3 is 13.9 Å². The van der Waals surface area contributed by atoms with Crippen LogP contribution in [-0.2, 0) is 6.61 Å². The van der Waals surface area contributed by atoms with Crippen molar-refractivity contribution in [2.24, 2.45) is 5.10 Å². The first-order valence-corrected chi connectivity index (χ1v) is 14.3. The molecule has 0 saturated heterocycles. The molecule has 0 aliphatic carbocycles. The summed E-state index contributed by atoms with van der Waals surface area (Å²) in [6.45, 7) is 0.182. The van der Waals surface area contributed by atoms with Gasteiger partial charge >= 0.3 is 0 Å². The van der Waals surface area contributed by atoms with Gasteiger partial charge in [0, 0.05) is 15.4 Å². The van der Waals surface area contributed by atoms with Gasteiger partial charge in [-0.25, -0.2) is 4.98 Å². The van der Waals surface area contributed by atoms with Gasteiger partial charge in [-0.1, -0.05) is 46.3 Å². The Morgan fingerprint density at radius 3 is 2.69 bits per heavy atom. The van der Waals surface area contributed by atoms with E-state index in [1.807, 2.05) is 48.5 Å². The molecule has 42 heavy (non-hydrogen) atoms. The van der Waals surface area contributed by atoms with Gasteiger partial charge in [0.25, 0.3) is 5.56 Å². The summed E-state index contributed by atoms with van der Waals surface area (Å²) >= 11 is 7.05. The third-order valence-corrected chi connectivity index (χ3v) is 7.62. The predicted octanol–water partition coefficient (Wildman–Crippen LogP) is 7.68. The van der Waals surface area contributed by atoms with Gasteiger partial charge in [0.05, 0.1) is 40.3 Å². The summed E-state index contributed by atoms with van der Waals surface area (Å²) in [5.74, 6) is 1.60. The molecule has 2 aromatic heterocycles. The van der Waals surface area contributed by atoms with Crippen molar-refractivity contribution in [2.45, 2.75) is 6.61 Å². The minimum Gasteiger partial charge on any atom is -0.493 e. The SMILES string of the molecule is COc1cc(C=Nn2c(-c3cc4cc(Br)ccc4o3)nc3ccccc3c2=O)cc(Br)c1OCc1ccccc1C#N. The van der Waals surface area contributed by atoms with E-state index in [0.717, 1.165) is 15.4 Å². The zero-order valence-corrected chi connectivity index (χ0v) is 25.2. The molecule has 0 unspecified atom stereocenters. The highest BCUT2D eigenvalue weighted by Gasteiger charge is 2.17. The lowest BCUT2D eigenvalue weighted by molar-refractivity contribution is 0.282. The molecule has 0 spiro atoms. The lowest BCUT2D eigenvalue weighted by atomic mass is 10.1. The smallest absolute Gasteiger partial charge is 0.282 e. The summed E-state index contributed by atoms with van der Waals surface area (Å²) in [4.78, 5) is 18.3. The number of para-hydroxylation sites is 1. The minimum atomic E-state index is -0.337. The fourth-order valence-corrected chi connectivity index (χ4v) is 5.45. The fraction of sp³-hybridized carbons (Fsp3) is 0.0625. The van der Waals surface area contributed by atoms with Crippen LogP contribution in [0.25, 0.3) is 33.5 Å². The van der Waals surface area contributed by atoms with E-state index in [4.69, 9.17) is 18.9 Å². The van der Waals surface area contributed by atoms with E-state index >= 15 is 0 Å². The average Bonchev–Trinajstić information content (AvgIpc) is 3.43. The molecule has 4 aromatic carbocycles. The first-order valence-electron chi connectivity index (χ1n) is 12.7. The molecule has 0 N–H and O–H groups in total. The Balaban J connectivity index is 1.39. The molecule has 0 aliphatic heterocycles. The number of nitrogens with zero attached hydrogens (tertiary/aromatic N) is 4. The quantitative estimate of drug-likeness (QED) is 0.160. The van der Waals surface area contributed by atoms with E-state index in [1.165, 1.54) is 11.8 Å². The van der Waals surface area contributed by atoms with Crippen molar-refractivity contribution in [1.29, 1.82) is 5.26 Å². The Labute approximate surface area is 256 Å².